The van der Waals surface area contributed by atoms with Crippen LogP contribution in [0.4, 0.5) is 4.39 Å². The summed E-state index contributed by atoms with van der Waals surface area (Å²) in [5.74, 6) is -1.49. The Kier molecular flexibility index (Phi) is 5.68. The van der Waals surface area contributed by atoms with Crippen LogP contribution in [0.5, 0.6) is 0 Å². The molecule has 1 amide bonds. The standard InChI is InChI=1S/C22H20FN3O3/c1-12-20(26-21(22(24)28)13(2)25-12)16-7-5-15(6-8-16)17-9-4-14(10-18(17)23)11-19(27)29-3/h4-10H,11H2,1-3H3,(H2,24,28). The van der Waals surface area contributed by atoms with Crippen LogP contribution in [0, 0.1) is 19.7 Å². The molecule has 148 valence electrons. The lowest BCUT2D eigenvalue weighted by Gasteiger charge is -2.10. The van der Waals surface area contributed by atoms with Crippen LogP contribution in [0.3, 0.4) is 0 Å². The lowest BCUT2D eigenvalue weighted by atomic mass is 9.99. The van der Waals surface area contributed by atoms with Crippen molar-refractivity contribution >= 4 is 11.9 Å². The van der Waals surface area contributed by atoms with Crippen LogP contribution >= 0.6 is 0 Å². The number of methoxy groups -OCH3 is 1. The maximum Gasteiger partial charge on any atom is 0.309 e. The molecule has 6 nitrogen and oxygen atoms in total. The summed E-state index contributed by atoms with van der Waals surface area (Å²) in [6.07, 6.45) is 0.0141. The second-order valence-electron chi connectivity index (χ2n) is 6.60. The van der Waals surface area contributed by atoms with Crippen molar-refractivity contribution < 1.29 is 18.7 Å². The van der Waals surface area contributed by atoms with E-state index in [4.69, 9.17) is 5.73 Å². The number of halogens is 1. The molecule has 2 aromatic carbocycles. The van der Waals surface area contributed by atoms with Crippen molar-refractivity contribution in [3.05, 3.63) is 70.9 Å². The Morgan fingerprint density at radius 1 is 1.00 bits per heavy atom. The molecule has 0 radical (unpaired) electrons. The van der Waals surface area contributed by atoms with Gasteiger partial charge in [0.25, 0.3) is 5.91 Å². The number of nitrogens with two attached hydrogens (primary N) is 1. The third-order valence-electron chi connectivity index (χ3n) is 4.56. The van der Waals surface area contributed by atoms with Gasteiger partial charge in [0.05, 0.1) is 30.6 Å². The molecule has 7 heteroatoms. The quantitative estimate of drug-likeness (QED) is 0.671. The molecule has 0 aliphatic heterocycles. The van der Waals surface area contributed by atoms with E-state index in [2.05, 4.69) is 14.7 Å². The van der Waals surface area contributed by atoms with Gasteiger partial charge >= 0.3 is 5.97 Å². The highest BCUT2D eigenvalue weighted by Gasteiger charge is 2.15. The van der Waals surface area contributed by atoms with E-state index in [-0.39, 0.29) is 12.1 Å². The van der Waals surface area contributed by atoms with Gasteiger partial charge in [-0.1, -0.05) is 36.4 Å². The summed E-state index contributed by atoms with van der Waals surface area (Å²) in [7, 11) is 1.29. The van der Waals surface area contributed by atoms with Gasteiger partial charge in [-0.15, -0.1) is 0 Å². The number of rotatable bonds is 5. The molecule has 0 bridgehead atoms. The van der Waals surface area contributed by atoms with E-state index in [0.717, 1.165) is 5.56 Å². The van der Waals surface area contributed by atoms with Crippen LogP contribution in [0.15, 0.2) is 42.5 Å². The lowest BCUT2D eigenvalue weighted by Crippen LogP contribution is -2.17. The van der Waals surface area contributed by atoms with Gasteiger partial charge in [0.15, 0.2) is 0 Å². The number of carbonyl (C=O) groups excluding carboxylic acids is 2. The van der Waals surface area contributed by atoms with Crippen LogP contribution in [0.25, 0.3) is 22.4 Å². The molecular formula is C22H20FN3O3. The second-order valence-corrected chi connectivity index (χ2v) is 6.60. The second kappa shape index (κ2) is 8.18. The SMILES string of the molecule is COC(=O)Cc1ccc(-c2ccc(-c3nc(C(N)=O)c(C)nc3C)cc2)c(F)c1. The summed E-state index contributed by atoms with van der Waals surface area (Å²) < 4.78 is 19.1. The molecule has 0 saturated carbocycles. The monoisotopic (exact) mass is 393 g/mol. The van der Waals surface area contributed by atoms with Crippen LogP contribution in [0.1, 0.15) is 27.4 Å². The van der Waals surface area contributed by atoms with Crippen LogP contribution in [0.2, 0.25) is 0 Å². The Bertz CT molecular complexity index is 1100. The average Bonchev–Trinajstić information content (AvgIpc) is 2.68. The van der Waals surface area contributed by atoms with Gasteiger partial charge in [-0.25, -0.2) is 9.37 Å². The molecule has 0 atom stereocenters. The first-order valence-corrected chi connectivity index (χ1v) is 8.91. The minimum Gasteiger partial charge on any atom is -0.469 e. The number of hydrogen-bond acceptors (Lipinski definition) is 5. The summed E-state index contributed by atoms with van der Waals surface area (Å²) in [4.78, 5) is 31.6. The number of esters is 1. The van der Waals surface area contributed by atoms with E-state index in [9.17, 15) is 14.0 Å². The highest BCUT2D eigenvalue weighted by molar-refractivity contribution is 5.92. The smallest absolute Gasteiger partial charge is 0.309 e. The van der Waals surface area contributed by atoms with E-state index in [1.54, 1.807) is 50.2 Å². The van der Waals surface area contributed by atoms with Gasteiger partial charge in [0.1, 0.15) is 11.5 Å². The van der Waals surface area contributed by atoms with Crippen molar-refractivity contribution in [2.45, 2.75) is 20.3 Å². The van der Waals surface area contributed by atoms with E-state index < -0.39 is 17.7 Å². The molecule has 2 N–H and O–H groups in total. The fourth-order valence-electron chi connectivity index (χ4n) is 3.09. The average molecular weight is 393 g/mol. The molecule has 0 saturated heterocycles. The molecule has 29 heavy (non-hydrogen) atoms. The van der Waals surface area contributed by atoms with Crippen LogP contribution in [-0.2, 0) is 16.0 Å². The molecular weight excluding hydrogens is 373 g/mol. The molecule has 1 aromatic heterocycles. The fourth-order valence-corrected chi connectivity index (χ4v) is 3.09. The number of carbonyl (C=O) groups is 2. The number of benzene rings is 2. The predicted octanol–water partition coefficient (Wildman–Crippen LogP) is 3.38. The number of aryl methyl sites for hydroxylation is 2. The summed E-state index contributed by atoms with van der Waals surface area (Å²) in [5, 5.41) is 0. The van der Waals surface area contributed by atoms with E-state index in [1.807, 2.05) is 0 Å². The maximum absolute atomic E-state index is 14.5. The van der Waals surface area contributed by atoms with Crippen molar-refractivity contribution in [3.63, 3.8) is 0 Å². The zero-order chi connectivity index (χ0) is 21.1. The van der Waals surface area contributed by atoms with Gasteiger partial charge in [-0.2, -0.15) is 0 Å². The molecule has 3 rings (SSSR count). The zero-order valence-corrected chi connectivity index (χ0v) is 16.3. The first kappa shape index (κ1) is 20.1. The summed E-state index contributed by atoms with van der Waals surface area (Å²) in [6, 6.07) is 11.7. The highest BCUT2D eigenvalue weighted by Crippen LogP contribution is 2.28. The molecule has 1 heterocycles. The maximum atomic E-state index is 14.5. The minimum absolute atomic E-state index is 0.0141. The lowest BCUT2D eigenvalue weighted by molar-refractivity contribution is -0.139. The Balaban J connectivity index is 1.92. The normalized spacial score (nSPS) is 10.6. The molecule has 0 unspecified atom stereocenters. The number of aromatic nitrogens is 2. The summed E-state index contributed by atoms with van der Waals surface area (Å²) >= 11 is 0. The molecule has 3 aromatic rings. The van der Waals surface area contributed by atoms with E-state index >= 15 is 0 Å². The van der Waals surface area contributed by atoms with Crippen LogP contribution < -0.4 is 5.73 Å². The number of hydrogen-bond donors (Lipinski definition) is 1. The molecule has 0 aliphatic carbocycles. The third kappa shape index (κ3) is 4.29. The topological polar surface area (TPSA) is 95.2 Å². The predicted molar refractivity (Wildman–Crippen MR) is 107 cm³/mol. The summed E-state index contributed by atoms with van der Waals surface area (Å²) in [6.45, 7) is 3.48. The number of ether oxygens (including phenoxy) is 1. The highest BCUT2D eigenvalue weighted by atomic mass is 19.1. The first-order chi connectivity index (χ1) is 13.8. The van der Waals surface area contributed by atoms with Crippen molar-refractivity contribution in [1.29, 1.82) is 0 Å². The van der Waals surface area contributed by atoms with Crippen molar-refractivity contribution in [3.8, 4) is 22.4 Å². The molecule has 0 fully saturated rings. The Labute approximate surface area is 167 Å². The van der Waals surface area contributed by atoms with Gasteiger partial charge in [-0.3, -0.25) is 14.6 Å². The number of amides is 1. The Hall–Kier alpha value is -3.61. The Morgan fingerprint density at radius 2 is 1.66 bits per heavy atom. The largest absolute Gasteiger partial charge is 0.469 e. The van der Waals surface area contributed by atoms with Crippen LogP contribution in [-0.4, -0.2) is 29.0 Å². The van der Waals surface area contributed by atoms with E-state index in [0.29, 0.717) is 33.8 Å². The zero-order valence-electron chi connectivity index (χ0n) is 16.3. The fraction of sp³-hybridized carbons (Fsp3) is 0.182. The van der Waals surface area contributed by atoms with Gasteiger partial charge in [-0.05, 0) is 31.0 Å². The molecule has 0 spiro atoms. The molecule has 0 aliphatic rings. The van der Waals surface area contributed by atoms with Gasteiger partial charge < -0.3 is 10.5 Å². The first-order valence-electron chi connectivity index (χ1n) is 8.91. The third-order valence-corrected chi connectivity index (χ3v) is 4.56. The Morgan fingerprint density at radius 3 is 2.24 bits per heavy atom. The minimum atomic E-state index is -0.637. The van der Waals surface area contributed by atoms with E-state index in [1.165, 1.54) is 13.2 Å². The van der Waals surface area contributed by atoms with Gasteiger partial charge in [0.2, 0.25) is 0 Å². The van der Waals surface area contributed by atoms with Crippen molar-refractivity contribution in [2.24, 2.45) is 5.73 Å². The number of primary amides is 1. The number of nitrogens with zero attached hydrogens (tertiary/aromatic N) is 2. The van der Waals surface area contributed by atoms with Crippen molar-refractivity contribution in [1.82, 2.24) is 9.97 Å². The van der Waals surface area contributed by atoms with Crippen molar-refractivity contribution in [2.75, 3.05) is 7.11 Å². The summed E-state index contributed by atoms with van der Waals surface area (Å²) in [5.41, 5.74) is 9.54. The van der Waals surface area contributed by atoms with Gasteiger partial charge in [0, 0.05) is 11.1 Å².